The lowest BCUT2D eigenvalue weighted by Gasteiger charge is -2.15. The Balaban J connectivity index is 2.00. The van der Waals surface area contributed by atoms with Gasteiger partial charge in [-0.25, -0.2) is 0 Å². The summed E-state index contributed by atoms with van der Waals surface area (Å²) in [5.41, 5.74) is 2.57. The molecule has 1 saturated heterocycles. The molecule has 5 nitrogen and oxygen atoms in total. The van der Waals surface area contributed by atoms with Gasteiger partial charge in [0.05, 0.1) is 5.56 Å². The molecule has 1 fully saturated rings. The lowest BCUT2D eigenvalue weighted by atomic mass is 10.1. The quantitative estimate of drug-likeness (QED) is 0.748. The molecule has 1 atom stereocenters. The topological polar surface area (TPSA) is 70.2 Å². The second-order valence-electron chi connectivity index (χ2n) is 5.49. The first-order valence-electron chi connectivity index (χ1n) is 7.52. The van der Waals surface area contributed by atoms with E-state index in [-0.39, 0.29) is 17.9 Å². The summed E-state index contributed by atoms with van der Waals surface area (Å²) in [5.74, 6) is -0.0337. The smallest absolute Gasteiger partial charge is 0.253 e. The van der Waals surface area contributed by atoms with Crippen LogP contribution in [0.5, 0.6) is 0 Å². The summed E-state index contributed by atoms with van der Waals surface area (Å²) in [4.78, 5) is 23.5. The lowest BCUT2D eigenvalue weighted by Crippen LogP contribution is -2.38. The zero-order valence-corrected chi connectivity index (χ0v) is 12.7. The highest BCUT2D eigenvalue weighted by atomic mass is 16.2. The zero-order valence-electron chi connectivity index (χ0n) is 12.7. The van der Waals surface area contributed by atoms with Crippen LogP contribution in [0.1, 0.15) is 42.1 Å². The molecule has 1 unspecified atom stereocenters. The molecule has 2 amide bonds. The number of amides is 2. The summed E-state index contributed by atoms with van der Waals surface area (Å²) in [6.45, 7) is 5.37. The van der Waals surface area contributed by atoms with Crippen LogP contribution < -0.4 is 16.0 Å². The largest absolute Gasteiger partial charge is 0.384 e. The maximum Gasteiger partial charge on any atom is 0.253 e. The molecule has 21 heavy (non-hydrogen) atoms. The number of nitrogens with one attached hydrogen (secondary N) is 3. The standard InChI is InChI=1S/C16H23N3O2/c1-3-8-17-14-6-4-11(2)9-13(14)16(21)18-10-12-5-7-15(20)19-12/h4,6,9,12,17H,3,5,7-8,10H2,1-2H3,(H,18,21)(H,19,20). The second-order valence-corrected chi connectivity index (χ2v) is 5.49. The molecule has 0 radical (unpaired) electrons. The first-order chi connectivity index (χ1) is 10.1. The van der Waals surface area contributed by atoms with E-state index < -0.39 is 0 Å². The van der Waals surface area contributed by atoms with Crippen LogP contribution in [-0.2, 0) is 4.79 Å². The number of rotatable bonds is 6. The molecule has 3 N–H and O–H groups in total. The van der Waals surface area contributed by atoms with Gasteiger partial charge in [0.15, 0.2) is 0 Å². The van der Waals surface area contributed by atoms with Crippen molar-refractivity contribution in [3.63, 3.8) is 0 Å². The van der Waals surface area contributed by atoms with Crippen LogP contribution in [0.2, 0.25) is 0 Å². The molecule has 114 valence electrons. The van der Waals surface area contributed by atoms with Crippen LogP contribution in [0, 0.1) is 6.92 Å². The monoisotopic (exact) mass is 289 g/mol. The van der Waals surface area contributed by atoms with Gasteiger partial charge >= 0.3 is 0 Å². The highest BCUT2D eigenvalue weighted by Gasteiger charge is 2.21. The van der Waals surface area contributed by atoms with Crippen LogP contribution in [0.25, 0.3) is 0 Å². The van der Waals surface area contributed by atoms with Gasteiger partial charge in [0, 0.05) is 31.2 Å². The van der Waals surface area contributed by atoms with Gasteiger partial charge in [0.2, 0.25) is 5.91 Å². The third-order valence-corrected chi connectivity index (χ3v) is 3.58. The van der Waals surface area contributed by atoms with Gasteiger partial charge in [-0.3, -0.25) is 9.59 Å². The Morgan fingerprint density at radius 3 is 2.90 bits per heavy atom. The fourth-order valence-corrected chi connectivity index (χ4v) is 2.40. The molecule has 0 aromatic heterocycles. The van der Waals surface area contributed by atoms with Crippen LogP contribution >= 0.6 is 0 Å². The Bertz CT molecular complexity index is 528. The van der Waals surface area contributed by atoms with Crippen molar-refractivity contribution in [2.45, 2.75) is 39.2 Å². The maximum absolute atomic E-state index is 12.4. The molecule has 1 aliphatic rings. The number of aryl methyl sites for hydroxylation is 1. The van der Waals surface area contributed by atoms with Crippen molar-refractivity contribution in [3.05, 3.63) is 29.3 Å². The van der Waals surface area contributed by atoms with Gasteiger partial charge in [-0.15, -0.1) is 0 Å². The molecule has 0 saturated carbocycles. The van der Waals surface area contributed by atoms with E-state index in [2.05, 4.69) is 22.9 Å². The van der Waals surface area contributed by atoms with Crippen molar-refractivity contribution < 1.29 is 9.59 Å². The number of carbonyl (C=O) groups excluding carboxylic acids is 2. The highest BCUT2D eigenvalue weighted by molar-refractivity contribution is 5.99. The average Bonchev–Trinajstić information content (AvgIpc) is 2.89. The van der Waals surface area contributed by atoms with Gasteiger partial charge in [-0.2, -0.15) is 0 Å². The fraction of sp³-hybridized carbons (Fsp3) is 0.500. The van der Waals surface area contributed by atoms with Crippen LogP contribution in [-0.4, -0.2) is 30.9 Å². The molecule has 1 aromatic rings. The maximum atomic E-state index is 12.4. The lowest BCUT2D eigenvalue weighted by molar-refractivity contribution is -0.119. The minimum Gasteiger partial charge on any atom is -0.384 e. The number of hydrogen-bond donors (Lipinski definition) is 3. The molecule has 1 aliphatic heterocycles. The third-order valence-electron chi connectivity index (χ3n) is 3.58. The molecule has 0 aliphatic carbocycles. The molecular weight excluding hydrogens is 266 g/mol. The second kappa shape index (κ2) is 7.11. The summed E-state index contributed by atoms with van der Waals surface area (Å²) in [7, 11) is 0. The average molecular weight is 289 g/mol. The van der Waals surface area contributed by atoms with E-state index in [9.17, 15) is 9.59 Å². The van der Waals surface area contributed by atoms with Gasteiger partial charge in [0.25, 0.3) is 5.91 Å². The molecular formula is C16H23N3O2. The van der Waals surface area contributed by atoms with E-state index in [1.165, 1.54) is 0 Å². The van der Waals surface area contributed by atoms with Crippen LogP contribution in [0.3, 0.4) is 0 Å². The van der Waals surface area contributed by atoms with Crippen molar-refractivity contribution in [3.8, 4) is 0 Å². The predicted molar refractivity (Wildman–Crippen MR) is 83.5 cm³/mol. The Kier molecular flexibility index (Phi) is 5.20. The molecule has 2 rings (SSSR count). The summed E-state index contributed by atoms with van der Waals surface area (Å²) in [6.07, 6.45) is 2.34. The van der Waals surface area contributed by atoms with Crippen molar-refractivity contribution in [1.82, 2.24) is 10.6 Å². The Hall–Kier alpha value is -2.04. The highest BCUT2D eigenvalue weighted by Crippen LogP contribution is 2.17. The summed E-state index contributed by atoms with van der Waals surface area (Å²) in [5, 5.41) is 9.04. The molecule has 5 heteroatoms. The SMILES string of the molecule is CCCNc1ccc(C)cc1C(=O)NCC1CCC(=O)N1. The minimum absolute atomic E-state index is 0.0540. The minimum atomic E-state index is -0.0987. The molecule has 0 bridgehead atoms. The van der Waals surface area contributed by atoms with Gasteiger partial charge in [-0.05, 0) is 31.9 Å². The van der Waals surface area contributed by atoms with Gasteiger partial charge < -0.3 is 16.0 Å². The van der Waals surface area contributed by atoms with Crippen molar-refractivity contribution in [2.24, 2.45) is 0 Å². The first kappa shape index (κ1) is 15.4. The van der Waals surface area contributed by atoms with Crippen molar-refractivity contribution in [1.29, 1.82) is 0 Å². The Labute approximate surface area is 125 Å². The summed E-state index contributed by atoms with van der Waals surface area (Å²) in [6, 6.07) is 5.88. The number of hydrogen-bond acceptors (Lipinski definition) is 3. The molecule has 1 aromatic carbocycles. The number of carbonyl (C=O) groups is 2. The van der Waals surface area contributed by atoms with E-state index >= 15 is 0 Å². The van der Waals surface area contributed by atoms with Crippen LogP contribution in [0.15, 0.2) is 18.2 Å². The van der Waals surface area contributed by atoms with Gasteiger partial charge in [-0.1, -0.05) is 18.6 Å². The third kappa shape index (κ3) is 4.21. The van der Waals surface area contributed by atoms with Crippen LogP contribution in [0.4, 0.5) is 5.69 Å². The Morgan fingerprint density at radius 1 is 1.43 bits per heavy atom. The van der Waals surface area contributed by atoms with Crippen molar-refractivity contribution >= 4 is 17.5 Å². The summed E-state index contributed by atoms with van der Waals surface area (Å²) >= 11 is 0. The van der Waals surface area contributed by atoms with E-state index in [0.717, 1.165) is 30.6 Å². The van der Waals surface area contributed by atoms with E-state index in [0.29, 0.717) is 18.5 Å². The molecule has 0 spiro atoms. The van der Waals surface area contributed by atoms with E-state index in [1.807, 2.05) is 25.1 Å². The Morgan fingerprint density at radius 2 is 2.24 bits per heavy atom. The fourth-order valence-electron chi connectivity index (χ4n) is 2.40. The number of anilines is 1. The van der Waals surface area contributed by atoms with E-state index in [4.69, 9.17) is 0 Å². The predicted octanol–water partition coefficient (Wildman–Crippen LogP) is 1.83. The zero-order chi connectivity index (χ0) is 15.2. The summed E-state index contributed by atoms with van der Waals surface area (Å²) < 4.78 is 0. The number of benzene rings is 1. The van der Waals surface area contributed by atoms with Gasteiger partial charge in [0.1, 0.15) is 0 Å². The van der Waals surface area contributed by atoms with E-state index in [1.54, 1.807) is 0 Å². The molecule has 1 heterocycles. The normalized spacial score (nSPS) is 17.4. The first-order valence-corrected chi connectivity index (χ1v) is 7.52. The van der Waals surface area contributed by atoms with Crippen molar-refractivity contribution in [2.75, 3.05) is 18.4 Å².